The summed E-state index contributed by atoms with van der Waals surface area (Å²) < 4.78 is 1.41. The lowest BCUT2D eigenvalue weighted by Gasteiger charge is -2.01. The summed E-state index contributed by atoms with van der Waals surface area (Å²) >= 11 is 0. The average molecular weight is 441 g/mol. The molecule has 31 heavy (non-hydrogen) atoms. The average Bonchev–Trinajstić information content (AvgIpc) is 2.74. The number of hydrogen-bond acceptors (Lipinski definition) is 12. The van der Waals surface area contributed by atoms with Crippen LogP contribution in [0.4, 0.5) is 11.9 Å². The van der Waals surface area contributed by atoms with Gasteiger partial charge in [-0.15, -0.1) is 19.6 Å². The van der Waals surface area contributed by atoms with Crippen LogP contribution in [-0.4, -0.2) is 66.3 Å². The highest BCUT2D eigenvalue weighted by atomic mass is 16.9. The van der Waals surface area contributed by atoms with Crippen molar-refractivity contribution in [3.8, 4) is 0 Å². The second-order valence-electron chi connectivity index (χ2n) is 5.90. The molecule has 2 aromatic rings. The van der Waals surface area contributed by atoms with Crippen molar-refractivity contribution in [3.63, 3.8) is 0 Å². The Morgan fingerprint density at radius 3 is 1.90 bits per heavy atom. The van der Waals surface area contributed by atoms with Gasteiger partial charge in [-0.3, -0.25) is 9.98 Å². The smallest absolute Gasteiger partial charge is 0.294 e. The lowest BCUT2D eigenvalue weighted by atomic mass is 10.3. The van der Waals surface area contributed by atoms with E-state index >= 15 is 0 Å². The Hall–Kier alpha value is -3.88. The second-order valence-corrected chi connectivity index (χ2v) is 5.90. The Labute approximate surface area is 176 Å². The van der Waals surface area contributed by atoms with Gasteiger partial charge >= 0.3 is 0 Å². The van der Waals surface area contributed by atoms with Crippen LogP contribution in [0.1, 0.15) is 25.7 Å². The van der Waals surface area contributed by atoms with E-state index in [0.717, 1.165) is 11.2 Å². The predicted molar refractivity (Wildman–Crippen MR) is 107 cm³/mol. The maximum absolute atomic E-state index is 9.84. The Balaban J connectivity index is 0.000000316. The Bertz CT molecular complexity index is 944. The van der Waals surface area contributed by atoms with Crippen molar-refractivity contribution in [3.05, 3.63) is 45.6 Å². The zero-order valence-corrected chi connectivity index (χ0v) is 16.8. The van der Waals surface area contributed by atoms with E-state index in [9.17, 15) is 20.5 Å². The van der Waals surface area contributed by atoms with Crippen LogP contribution >= 0.6 is 0 Å². The molecule has 0 amide bonds. The molecule has 15 heteroatoms. The largest absolute Gasteiger partial charge is 0.423 e. The molecule has 0 saturated carbocycles. The van der Waals surface area contributed by atoms with Gasteiger partial charge in [0.2, 0.25) is 11.9 Å². The number of rotatable bonds is 10. The third-order valence-corrected chi connectivity index (χ3v) is 3.59. The number of hydrogen-bond donors (Lipinski definition) is 5. The molecule has 7 N–H and O–H groups in total. The molecule has 0 atom stereocenters. The minimum absolute atomic E-state index is 0.00779. The number of aliphatic hydroxyl groups excluding tert-OH is 1. The second kappa shape index (κ2) is 14.2. The van der Waals surface area contributed by atoms with Crippen molar-refractivity contribution in [2.75, 3.05) is 37.8 Å². The molecule has 0 saturated heterocycles. The topological polar surface area (TPSA) is 225 Å². The van der Waals surface area contributed by atoms with E-state index in [1.54, 1.807) is 6.07 Å². The lowest BCUT2D eigenvalue weighted by Crippen LogP contribution is -2.22. The van der Waals surface area contributed by atoms with Gasteiger partial charge in [-0.1, -0.05) is 0 Å². The van der Waals surface area contributed by atoms with Crippen molar-refractivity contribution in [2.24, 2.45) is 9.98 Å². The zero-order chi connectivity index (χ0) is 23.1. The highest BCUT2D eigenvalue weighted by molar-refractivity contribution is 5.13. The van der Waals surface area contributed by atoms with Gasteiger partial charge in [0.15, 0.2) is 11.0 Å². The zero-order valence-electron chi connectivity index (χ0n) is 16.8. The van der Waals surface area contributed by atoms with Crippen molar-refractivity contribution >= 4 is 11.9 Å². The van der Waals surface area contributed by atoms with Gasteiger partial charge in [-0.25, -0.2) is 9.97 Å². The Morgan fingerprint density at radius 2 is 1.45 bits per heavy atom. The molecule has 172 valence electrons. The molecule has 15 nitrogen and oxygen atoms in total. The fraction of sp³-hybridized carbons (Fsp3) is 0.500. The van der Waals surface area contributed by atoms with E-state index in [4.69, 9.17) is 16.6 Å². The number of nitrogens with zero attached hydrogens (tertiary/aromatic N) is 7. The van der Waals surface area contributed by atoms with E-state index in [1.165, 1.54) is 18.5 Å². The van der Waals surface area contributed by atoms with Crippen molar-refractivity contribution < 1.29 is 25.4 Å². The van der Waals surface area contributed by atoms with Crippen LogP contribution in [0.3, 0.4) is 0 Å². The molecule has 0 spiro atoms. The van der Waals surface area contributed by atoms with Crippen molar-refractivity contribution in [2.45, 2.75) is 25.7 Å². The maximum atomic E-state index is 9.84. The maximum Gasteiger partial charge on any atom is 0.294 e. The fourth-order valence-electron chi connectivity index (χ4n) is 2.05. The molecule has 0 aliphatic rings. The SMILES string of the molecule is Nc1nccc(=NCCCCO)n1O.Nc1nccc(=NCCCCO[N+](=O)[O-])n1O. The summed E-state index contributed by atoms with van der Waals surface area (Å²) in [7, 11) is 0. The summed E-state index contributed by atoms with van der Waals surface area (Å²) in [6.45, 7) is 1.16. The highest BCUT2D eigenvalue weighted by Gasteiger charge is 1.97. The normalized spacial score (nSPS) is 11.6. The van der Waals surface area contributed by atoms with Gasteiger partial charge < -0.3 is 31.8 Å². The van der Waals surface area contributed by atoms with Gasteiger partial charge in [0.25, 0.3) is 5.09 Å². The van der Waals surface area contributed by atoms with Crippen LogP contribution in [0.15, 0.2) is 34.5 Å². The van der Waals surface area contributed by atoms with Crippen LogP contribution < -0.4 is 22.4 Å². The molecule has 2 heterocycles. The quantitative estimate of drug-likeness (QED) is 0.130. The molecule has 0 aliphatic heterocycles. The van der Waals surface area contributed by atoms with E-state index in [0.29, 0.717) is 42.6 Å². The third-order valence-electron chi connectivity index (χ3n) is 3.59. The molecule has 0 unspecified atom stereocenters. The molecule has 0 bridgehead atoms. The molecule has 0 aromatic carbocycles. The highest BCUT2D eigenvalue weighted by Crippen LogP contribution is 1.92. The summed E-state index contributed by atoms with van der Waals surface area (Å²) in [5.41, 5.74) is 11.4. The summed E-state index contributed by atoms with van der Waals surface area (Å²) in [5.74, 6) is -0.0451. The molecule has 0 fully saturated rings. The molecule has 0 aliphatic carbocycles. The number of unbranched alkanes of at least 4 members (excludes halogenated alkanes) is 2. The number of anilines is 2. The standard InChI is InChI=1S/C8H13N5O4.C8H14N4O2/c9-8-11-5-3-7(12(8)14)10-4-1-2-6-17-13(15)16;9-8-11-5-3-7(12(8)14)10-4-1-2-6-13/h3,5,14H,1-2,4,6H2,(H2,9,11);3,5,13-14H,1-2,4,6H2,(H2,9,11). The molecular formula is C16H27N9O6. The van der Waals surface area contributed by atoms with Gasteiger partial charge in [0.05, 0.1) is 6.61 Å². The van der Waals surface area contributed by atoms with Crippen LogP contribution in [-0.2, 0) is 4.84 Å². The number of nitrogen functional groups attached to an aromatic ring is 2. The van der Waals surface area contributed by atoms with E-state index in [1.807, 2.05) is 0 Å². The molecular weight excluding hydrogens is 414 g/mol. The molecule has 2 aromatic heterocycles. The van der Waals surface area contributed by atoms with E-state index in [2.05, 4.69) is 24.8 Å². The van der Waals surface area contributed by atoms with E-state index < -0.39 is 5.09 Å². The van der Waals surface area contributed by atoms with E-state index in [-0.39, 0.29) is 30.6 Å². The van der Waals surface area contributed by atoms with Crippen molar-refractivity contribution in [1.29, 1.82) is 0 Å². The Kier molecular flexibility index (Phi) is 11.5. The van der Waals surface area contributed by atoms with Gasteiger partial charge in [-0.2, -0.15) is 0 Å². The first-order valence-corrected chi connectivity index (χ1v) is 9.31. The van der Waals surface area contributed by atoms with Crippen LogP contribution in [0.25, 0.3) is 0 Å². The third kappa shape index (κ3) is 9.93. The minimum Gasteiger partial charge on any atom is -0.423 e. The number of aromatic nitrogens is 4. The first kappa shape index (κ1) is 25.2. The fourth-order valence-corrected chi connectivity index (χ4v) is 2.05. The molecule has 0 radical (unpaired) electrons. The molecule has 2 rings (SSSR count). The van der Waals surface area contributed by atoms with Crippen LogP contribution in [0.5, 0.6) is 0 Å². The van der Waals surface area contributed by atoms with Gasteiger partial charge in [0.1, 0.15) is 0 Å². The minimum atomic E-state index is -0.831. The lowest BCUT2D eigenvalue weighted by molar-refractivity contribution is -0.757. The summed E-state index contributed by atoms with van der Waals surface area (Å²) in [5, 5.41) is 36.3. The van der Waals surface area contributed by atoms with Gasteiger partial charge in [0, 0.05) is 44.2 Å². The van der Waals surface area contributed by atoms with Crippen LogP contribution in [0, 0.1) is 10.1 Å². The first-order chi connectivity index (χ1) is 14.9. The number of nitrogens with two attached hydrogens (primary N) is 2. The number of aliphatic hydroxyl groups is 1. The van der Waals surface area contributed by atoms with Crippen LogP contribution in [0.2, 0.25) is 0 Å². The summed E-state index contributed by atoms with van der Waals surface area (Å²) in [6.07, 6.45) is 5.50. The first-order valence-electron chi connectivity index (χ1n) is 9.31. The van der Waals surface area contributed by atoms with Gasteiger partial charge in [-0.05, 0) is 25.7 Å². The summed E-state index contributed by atoms with van der Waals surface area (Å²) in [4.78, 5) is 29.4. The summed E-state index contributed by atoms with van der Waals surface area (Å²) in [6, 6.07) is 3.07. The predicted octanol–water partition coefficient (Wildman–Crippen LogP) is -1.03. The van der Waals surface area contributed by atoms with Crippen molar-refractivity contribution in [1.82, 2.24) is 19.4 Å². The Morgan fingerprint density at radius 1 is 0.968 bits per heavy atom. The monoisotopic (exact) mass is 441 g/mol.